The lowest BCUT2D eigenvalue weighted by Gasteiger charge is -2.22. The second kappa shape index (κ2) is 12.9. The van der Waals surface area contributed by atoms with Gasteiger partial charge in [-0.15, -0.1) is 24.0 Å². The maximum Gasteiger partial charge on any atom is 0.387 e. The molecule has 0 aliphatic heterocycles. The van der Waals surface area contributed by atoms with Gasteiger partial charge in [0.2, 0.25) is 0 Å². The van der Waals surface area contributed by atoms with E-state index in [1.165, 1.54) is 12.1 Å². The van der Waals surface area contributed by atoms with Crippen molar-refractivity contribution >= 4 is 29.9 Å². The van der Waals surface area contributed by atoms with Crippen molar-refractivity contribution in [2.75, 3.05) is 20.1 Å². The molecule has 1 N–H and O–H groups in total. The van der Waals surface area contributed by atoms with E-state index in [-0.39, 0.29) is 29.7 Å². The van der Waals surface area contributed by atoms with Crippen LogP contribution < -0.4 is 10.1 Å². The lowest BCUT2D eigenvalue weighted by molar-refractivity contribution is -0.0498. The molecule has 3 aromatic rings. The predicted molar refractivity (Wildman–Crippen MR) is 127 cm³/mol. The third-order valence-electron chi connectivity index (χ3n) is 4.21. The van der Waals surface area contributed by atoms with Crippen molar-refractivity contribution in [3.05, 3.63) is 60.0 Å². The molecule has 0 fully saturated rings. The minimum Gasteiger partial charge on any atom is -0.435 e. The first-order valence-corrected chi connectivity index (χ1v) is 9.82. The van der Waals surface area contributed by atoms with Crippen molar-refractivity contribution in [3.8, 4) is 17.3 Å². The fourth-order valence-corrected chi connectivity index (χ4v) is 2.81. The number of aromatic nitrogens is 3. The summed E-state index contributed by atoms with van der Waals surface area (Å²) in [6.07, 6.45) is 2.18. The van der Waals surface area contributed by atoms with Crippen molar-refractivity contribution in [2.45, 2.75) is 26.5 Å². The Hall–Kier alpha value is -2.83. The van der Waals surface area contributed by atoms with Crippen LogP contribution in [0.1, 0.15) is 18.3 Å². The van der Waals surface area contributed by atoms with Crippen LogP contribution in [0.3, 0.4) is 0 Å². The number of rotatable bonds is 9. The highest BCUT2D eigenvalue weighted by Gasteiger charge is 2.11. The Labute approximate surface area is 202 Å². The molecule has 2 aromatic heterocycles. The van der Waals surface area contributed by atoms with E-state index in [0.29, 0.717) is 49.4 Å². The Bertz CT molecular complexity index is 970. The van der Waals surface area contributed by atoms with E-state index in [2.05, 4.69) is 30.2 Å². The van der Waals surface area contributed by atoms with E-state index in [9.17, 15) is 8.78 Å². The van der Waals surface area contributed by atoms with Gasteiger partial charge in [-0.3, -0.25) is 9.98 Å². The Morgan fingerprint density at radius 1 is 1.22 bits per heavy atom. The van der Waals surface area contributed by atoms with Crippen LogP contribution in [0.25, 0.3) is 11.6 Å². The van der Waals surface area contributed by atoms with Gasteiger partial charge in [-0.25, -0.2) is 0 Å². The topological polar surface area (TPSA) is 88.7 Å². The summed E-state index contributed by atoms with van der Waals surface area (Å²) in [5, 5.41) is 7.22. The van der Waals surface area contributed by atoms with Crippen molar-refractivity contribution in [1.29, 1.82) is 0 Å². The van der Waals surface area contributed by atoms with Crippen LogP contribution in [0, 0.1) is 0 Å². The normalized spacial score (nSPS) is 11.2. The standard InChI is InChI=1S/C21H24F2N6O2.HI/c1-3-24-21(29(2)14-15-7-9-16(10-8-15)30-20(22)23)26-13-11-18-27-19(31-28-18)17-6-4-5-12-25-17;/h4-10,12,20H,3,11,13-14H2,1-2H3,(H,24,26);1H. The zero-order chi connectivity index (χ0) is 22.1. The van der Waals surface area contributed by atoms with E-state index in [0.717, 1.165) is 5.56 Å². The number of aliphatic imine (C=N–C) groups is 1. The molecular formula is C21H25F2IN6O2. The summed E-state index contributed by atoms with van der Waals surface area (Å²) in [6.45, 7) is 0.872. The fraction of sp³-hybridized carbons (Fsp3) is 0.333. The highest BCUT2D eigenvalue weighted by Crippen LogP contribution is 2.16. The molecule has 1 aromatic carbocycles. The third kappa shape index (κ3) is 7.70. The van der Waals surface area contributed by atoms with Crippen LogP contribution in [0.15, 0.2) is 58.2 Å². The maximum atomic E-state index is 12.3. The van der Waals surface area contributed by atoms with E-state index >= 15 is 0 Å². The van der Waals surface area contributed by atoms with Crippen LogP contribution in [0.5, 0.6) is 5.75 Å². The Balaban J connectivity index is 0.00000363. The molecule has 0 unspecified atom stereocenters. The largest absolute Gasteiger partial charge is 0.435 e. The van der Waals surface area contributed by atoms with Crippen LogP contribution in [0.4, 0.5) is 8.78 Å². The van der Waals surface area contributed by atoms with Crippen molar-refractivity contribution in [2.24, 2.45) is 4.99 Å². The number of halogens is 3. The van der Waals surface area contributed by atoms with Gasteiger partial charge in [-0.05, 0) is 36.8 Å². The molecule has 0 aliphatic rings. The second-order valence-electron chi connectivity index (χ2n) is 6.59. The number of nitrogens with zero attached hydrogens (tertiary/aromatic N) is 5. The smallest absolute Gasteiger partial charge is 0.387 e. The van der Waals surface area contributed by atoms with Gasteiger partial charge in [-0.1, -0.05) is 23.4 Å². The zero-order valence-corrected chi connectivity index (χ0v) is 20.1. The minimum absolute atomic E-state index is 0. The molecule has 0 saturated heterocycles. The van der Waals surface area contributed by atoms with Crippen molar-refractivity contribution in [3.63, 3.8) is 0 Å². The number of ether oxygens (including phenoxy) is 1. The van der Waals surface area contributed by atoms with Gasteiger partial charge in [0.05, 0.1) is 0 Å². The average molecular weight is 558 g/mol. The summed E-state index contributed by atoms with van der Waals surface area (Å²) in [5.74, 6) is 1.77. The molecule has 172 valence electrons. The monoisotopic (exact) mass is 558 g/mol. The molecule has 11 heteroatoms. The van der Waals surface area contributed by atoms with Gasteiger partial charge < -0.3 is 19.5 Å². The number of benzene rings is 1. The van der Waals surface area contributed by atoms with Crippen molar-refractivity contribution in [1.82, 2.24) is 25.3 Å². The van der Waals surface area contributed by atoms with E-state index < -0.39 is 6.61 Å². The Morgan fingerprint density at radius 2 is 2.00 bits per heavy atom. The molecule has 0 aliphatic carbocycles. The number of hydrogen-bond donors (Lipinski definition) is 1. The SMILES string of the molecule is CCNC(=NCCc1noc(-c2ccccn2)n1)N(C)Cc1ccc(OC(F)F)cc1.I. The van der Waals surface area contributed by atoms with Gasteiger partial charge in [0.1, 0.15) is 11.4 Å². The molecule has 8 nitrogen and oxygen atoms in total. The first kappa shape index (κ1) is 25.4. The molecule has 0 saturated carbocycles. The third-order valence-corrected chi connectivity index (χ3v) is 4.21. The van der Waals surface area contributed by atoms with Crippen LogP contribution in [-0.2, 0) is 13.0 Å². The molecular weight excluding hydrogens is 533 g/mol. The average Bonchev–Trinajstić information content (AvgIpc) is 3.24. The van der Waals surface area contributed by atoms with Crippen LogP contribution in [-0.4, -0.2) is 52.7 Å². The number of hydrogen-bond acceptors (Lipinski definition) is 6. The first-order chi connectivity index (χ1) is 15.0. The number of nitrogens with one attached hydrogen (secondary N) is 1. The molecule has 0 amide bonds. The van der Waals surface area contributed by atoms with Gasteiger partial charge in [0.15, 0.2) is 11.8 Å². The quantitative estimate of drug-likeness (QED) is 0.242. The summed E-state index contributed by atoms with van der Waals surface area (Å²) in [5.41, 5.74) is 1.57. The molecule has 0 radical (unpaired) electrons. The molecule has 32 heavy (non-hydrogen) atoms. The summed E-state index contributed by atoms with van der Waals surface area (Å²) in [7, 11) is 1.90. The number of pyridine rings is 1. The highest BCUT2D eigenvalue weighted by atomic mass is 127. The summed E-state index contributed by atoms with van der Waals surface area (Å²) in [6, 6.07) is 12.0. The number of alkyl halides is 2. The van der Waals surface area contributed by atoms with Crippen molar-refractivity contribution < 1.29 is 18.0 Å². The summed E-state index contributed by atoms with van der Waals surface area (Å²) >= 11 is 0. The van der Waals surface area contributed by atoms with Gasteiger partial charge in [-0.2, -0.15) is 13.8 Å². The fourth-order valence-electron chi connectivity index (χ4n) is 2.81. The Morgan fingerprint density at radius 3 is 2.66 bits per heavy atom. The molecule has 0 spiro atoms. The molecule has 0 atom stereocenters. The second-order valence-corrected chi connectivity index (χ2v) is 6.59. The lowest BCUT2D eigenvalue weighted by Crippen LogP contribution is -2.38. The summed E-state index contributed by atoms with van der Waals surface area (Å²) < 4.78 is 34.2. The van der Waals surface area contributed by atoms with E-state index in [4.69, 9.17) is 4.52 Å². The number of guanidine groups is 1. The predicted octanol–water partition coefficient (Wildman–Crippen LogP) is 3.99. The van der Waals surface area contributed by atoms with Crippen LogP contribution >= 0.6 is 24.0 Å². The molecule has 3 rings (SSSR count). The first-order valence-electron chi connectivity index (χ1n) is 9.82. The molecule has 0 bridgehead atoms. The zero-order valence-electron chi connectivity index (χ0n) is 17.7. The van der Waals surface area contributed by atoms with E-state index in [1.807, 2.05) is 31.0 Å². The Kier molecular flexibility index (Phi) is 10.2. The lowest BCUT2D eigenvalue weighted by atomic mass is 10.2. The van der Waals surface area contributed by atoms with Gasteiger partial charge >= 0.3 is 6.61 Å². The van der Waals surface area contributed by atoms with Gasteiger partial charge in [0, 0.05) is 39.3 Å². The van der Waals surface area contributed by atoms with Gasteiger partial charge in [0.25, 0.3) is 5.89 Å². The highest BCUT2D eigenvalue weighted by molar-refractivity contribution is 14.0. The summed E-state index contributed by atoms with van der Waals surface area (Å²) in [4.78, 5) is 15.1. The van der Waals surface area contributed by atoms with E-state index in [1.54, 1.807) is 24.4 Å². The molecule has 2 heterocycles. The minimum atomic E-state index is -2.83. The van der Waals surface area contributed by atoms with Crippen LogP contribution in [0.2, 0.25) is 0 Å². The maximum absolute atomic E-state index is 12.3.